The molecule has 0 aliphatic rings. The Bertz CT molecular complexity index is 1080. The Morgan fingerprint density at radius 1 is 1.19 bits per heavy atom. The van der Waals surface area contributed by atoms with Crippen LogP contribution in [0.15, 0.2) is 53.5 Å². The summed E-state index contributed by atoms with van der Waals surface area (Å²) in [6.07, 6.45) is 0. The molecule has 3 aromatic rings. The molecule has 0 N–H and O–H groups in total. The number of fused-ring (bicyclic) bond motifs is 1. The van der Waals surface area contributed by atoms with Gasteiger partial charge in [-0.2, -0.15) is 4.99 Å². The number of hydrogen-bond donors (Lipinski definition) is 0. The maximum Gasteiger partial charge on any atom is 0.325 e. The first kappa shape index (κ1) is 17.5. The molecule has 0 fully saturated rings. The van der Waals surface area contributed by atoms with Crippen LogP contribution in [0, 0.1) is 10.1 Å². The molecule has 1 aromatic heterocycles. The van der Waals surface area contributed by atoms with Crippen LogP contribution in [0.1, 0.15) is 10.4 Å². The molecule has 0 atom stereocenters. The van der Waals surface area contributed by atoms with E-state index in [1.54, 1.807) is 16.7 Å². The van der Waals surface area contributed by atoms with Gasteiger partial charge in [0, 0.05) is 6.07 Å². The number of ether oxygens (including phenoxy) is 1. The number of esters is 1. The van der Waals surface area contributed by atoms with Gasteiger partial charge in [-0.25, -0.2) is 0 Å². The van der Waals surface area contributed by atoms with Crippen LogP contribution in [-0.4, -0.2) is 28.5 Å². The van der Waals surface area contributed by atoms with Crippen molar-refractivity contribution in [2.45, 2.75) is 6.54 Å². The van der Waals surface area contributed by atoms with Gasteiger partial charge in [0.2, 0.25) is 0 Å². The number of nitro groups is 1. The standard InChI is InChI=1S/C17H13N3O5S/c1-25-15(21)10-19-13-8-4-5-9-14(13)26-17(19)18-16(22)11-6-2-3-7-12(11)20(23)24/h2-9H,10H2,1H3. The molecule has 0 aliphatic heterocycles. The summed E-state index contributed by atoms with van der Waals surface area (Å²) in [7, 11) is 1.27. The first-order chi connectivity index (χ1) is 12.5. The SMILES string of the molecule is COC(=O)Cn1c(=NC(=O)c2ccccc2[N+](=O)[O-])sc2ccccc21. The molecule has 0 saturated carbocycles. The summed E-state index contributed by atoms with van der Waals surface area (Å²) >= 11 is 1.21. The lowest BCUT2D eigenvalue weighted by molar-refractivity contribution is -0.385. The second-order valence-corrected chi connectivity index (χ2v) is 6.21. The lowest BCUT2D eigenvalue weighted by Gasteiger charge is -2.03. The highest BCUT2D eigenvalue weighted by Crippen LogP contribution is 2.20. The van der Waals surface area contributed by atoms with E-state index in [1.165, 1.54) is 42.7 Å². The van der Waals surface area contributed by atoms with Crippen LogP contribution in [-0.2, 0) is 16.1 Å². The number of thiazole rings is 1. The third-order valence-corrected chi connectivity index (χ3v) is 4.69. The number of para-hydroxylation sites is 2. The molecule has 0 saturated heterocycles. The van der Waals surface area contributed by atoms with Crippen molar-refractivity contribution in [2.75, 3.05) is 7.11 Å². The Kier molecular flexibility index (Phi) is 4.90. The minimum absolute atomic E-state index is 0.112. The van der Waals surface area contributed by atoms with E-state index in [0.717, 1.165) is 10.2 Å². The zero-order valence-electron chi connectivity index (χ0n) is 13.6. The van der Waals surface area contributed by atoms with Crippen LogP contribution in [0.3, 0.4) is 0 Å². The zero-order chi connectivity index (χ0) is 18.7. The molecule has 1 amide bonds. The first-order valence-electron chi connectivity index (χ1n) is 7.49. The monoisotopic (exact) mass is 371 g/mol. The molecular weight excluding hydrogens is 358 g/mol. The molecule has 0 spiro atoms. The van der Waals surface area contributed by atoms with Crippen molar-refractivity contribution >= 4 is 39.1 Å². The summed E-state index contributed by atoms with van der Waals surface area (Å²) in [4.78, 5) is 39.0. The molecule has 3 rings (SSSR count). The number of carbonyl (C=O) groups excluding carboxylic acids is 2. The molecule has 0 bridgehead atoms. The van der Waals surface area contributed by atoms with E-state index in [2.05, 4.69) is 4.99 Å². The van der Waals surface area contributed by atoms with E-state index in [4.69, 9.17) is 4.74 Å². The number of rotatable bonds is 4. The topological polar surface area (TPSA) is 104 Å². The Hall–Kier alpha value is -3.33. The average molecular weight is 371 g/mol. The molecule has 0 radical (unpaired) electrons. The summed E-state index contributed by atoms with van der Waals surface area (Å²) in [5.74, 6) is -1.24. The number of amides is 1. The summed E-state index contributed by atoms with van der Waals surface area (Å²) in [6, 6.07) is 12.9. The smallest absolute Gasteiger partial charge is 0.325 e. The third kappa shape index (κ3) is 3.38. The summed E-state index contributed by atoms with van der Waals surface area (Å²) in [5.41, 5.74) is 0.290. The van der Waals surface area contributed by atoms with Crippen molar-refractivity contribution in [1.29, 1.82) is 0 Å². The van der Waals surface area contributed by atoms with E-state index >= 15 is 0 Å². The fourth-order valence-electron chi connectivity index (χ4n) is 2.41. The third-order valence-electron chi connectivity index (χ3n) is 3.63. The van der Waals surface area contributed by atoms with Gasteiger partial charge in [-0.15, -0.1) is 0 Å². The van der Waals surface area contributed by atoms with E-state index < -0.39 is 16.8 Å². The highest BCUT2D eigenvalue weighted by atomic mass is 32.1. The molecule has 1 heterocycles. The Balaban J connectivity index is 2.15. The number of benzene rings is 2. The number of hydrogen-bond acceptors (Lipinski definition) is 6. The minimum Gasteiger partial charge on any atom is -0.468 e. The lowest BCUT2D eigenvalue weighted by atomic mass is 10.2. The summed E-state index contributed by atoms with van der Waals surface area (Å²) < 4.78 is 7.08. The van der Waals surface area contributed by atoms with Gasteiger partial charge in [0.15, 0.2) is 4.80 Å². The zero-order valence-corrected chi connectivity index (χ0v) is 14.4. The van der Waals surface area contributed by atoms with E-state index in [0.29, 0.717) is 0 Å². The number of nitro benzene ring substituents is 1. The van der Waals surface area contributed by atoms with Crippen molar-refractivity contribution in [1.82, 2.24) is 4.57 Å². The van der Waals surface area contributed by atoms with Crippen molar-refractivity contribution < 1.29 is 19.2 Å². The van der Waals surface area contributed by atoms with Crippen molar-refractivity contribution in [3.8, 4) is 0 Å². The molecule has 26 heavy (non-hydrogen) atoms. The van der Waals surface area contributed by atoms with Crippen molar-refractivity contribution in [2.24, 2.45) is 4.99 Å². The molecule has 8 nitrogen and oxygen atoms in total. The number of aromatic nitrogens is 1. The van der Waals surface area contributed by atoms with Crippen LogP contribution in [0.25, 0.3) is 10.2 Å². The predicted molar refractivity (Wildman–Crippen MR) is 94.8 cm³/mol. The fraction of sp³-hybridized carbons (Fsp3) is 0.118. The number of methoxy groups -OCH3 is 1. The van der Waals surface area contributed by atoms with E-state index in [-0.39, 0.29) is 22.6 Å². The van der Waals surface area contributed by atoms with Gasteiger partial charge in [-0.3, -0.25) is 19.7 Å². The molecule has 2 aromatic carbocycles. The molecule has 0 aliphatic carbocycles. The van der Waals surface area contributed by atoms with Gasteiger partial charge in [0.25, 0.3) is 11.6 Å². The summed E-state index contributed by atoms with van der Waals surface area (Å²) in [5, 5.41) is 11.1. The number of carbonyl (C=O) groups is 2. The van der Waals surface area contributed by atoms with Crippen LogP contribution in [0.5, 0.6) is 0 Å². The quantitative estimate of drug-likeness (QED) is 0.398. The van der Waals surface area contributed by atoms with Gasteiger partial charge in [-0.1, -0.05) is 35.6 Å². The highest BCUT2D eigenvalue weighted by Gasteiger charge is 2.19. The predicted octanol–water partition coefficient (Wildman–Crippen LogP) is 2.53. The lowest BCUT2D eigenvalue weighted by Crippen LogP contribution is -2.22. The van der Waals surface area contributed by atoms with Gasteiger partial charge < -0.3 is 9.30 Å². The van der Waals surface area contributed by atoms with Crippen molar-refractivity contribution in [3.63, 3.8) is 0 Å². The second kappa shape index (κ2) is 7.28. The van der Waals surface area contributed by atoms with Crippen molar-refractivity contribution in [3.05, 3.63) is 69.0 Å². The average Bonchev–Trinajstić information content (AvgIpc) is 2.98. The maximum atomic E-state index is 12.5. The van der Waals surface area contributed by atoms with Gasteiger partial charge >= 0.3 is 5.97 Å². The number of nitrogens with zero attached hydrogens (tertiary/aromatic N) is 3. The normalized spacial score (nSPS) is 11.5. The molecule has 132 valence electrons. The van der Waals surface area contributed by atoms with E-state index in [9.17, 15) is 19.7 Å². The van der Waals surface area contributed by atoms with Crippen LogP contribution in [0.2, 0.25) is 0 Å². The highest BCUT2D eigenvalue weighted by molar-refractivity contribution is 7.16. The van der Waals surface area contributed by atoms with Crippen LogP contribution in [0.4, 0.5) is 5.69 Å². The Morgan fingerprint density at radius 2 is 1.88 bits per heavy atom. The first-order valence-corrected chi connectivity index (χ1v) is 8.30. The van der Waals surface area contributed by atoms with Gasteiger partial charge in [0.05, 0.1) is 22.2 Å². The largest absolute Gasteiger partial charge is 0.468 e. The molecular formula is C17H13N3O5S. The minimum atomic E-state index is -0.748. The Labute approximate surface area is 151 Å². The van der Waals surface area contributed by atoms with Crippen LogP contribution >= 0.6 is 11.3 Å². The van der Waals surface area contributed by atoms with E-state index in [1.807, 2.05) is 12.1 Å². The van der Waals surface area contributed by atoms with Crippen LogP contribution < -0.4 is 4.80 Å². The van der Waals surface area contributed by atoms with Gasteiger partial charge in [-0.05, 0) is 18.2 Å². The Morgan fingerprint density at radius 3 is 2.62 bits per heavy atom. The fourth-order valence-corrected chi connectivity index (χ4v) is 3.44. The maximum absolute atomic E-state index is 12.5. The van der Waals surface area contributed by atoms with Gasteiger partial charge in [0.1, 0.15) is 12.1 Å². The summed E-state index contributed by atoms with van der Waals surface area (Å²) in [6.45, 7) is -0.122. The molecule has 0 unspecified atom stereocenters. The molecule has 9 heteroatoms. The second-order valence-electron chi connectivity index (χ2n) is 5.21.